The zero-order valence-electron chi connectivity index (χ0n) is 8.03. The van der Waals surface area contributed by atoms with Gasteiger partial charge in [0.2, 0.25) is 0 Å². The van der Waals surface area contributed by atoms with Crippen LogP contribution in [0, 0.1) is 0 Å². The van der Waals surface area contributed by atoms with Gasteiger partial charge in [0.25, 0.3) is 0 Å². The molecule has 0 spiro atoms. The lowest BCUT2D eigenvalue weighted by atomic mass is 10.2. The van der Waals surface area contributed by atoms with E-state index in [1.807, 2.05) is 13.8 Å². The van der Waals surface area contributed by atoms with Gasteiger partial charge in [-0.25, -0.2) is 9.97 Å². The Labute approximate surface area is 78.1 Å². The fourth-order valence-corrected chi connectivity index (χ4v) is 1.09. The first-order chi connectivity index (χ1) is 6.27. The minimum Gasteiger partial charge on any atom is -0.396 e. The molecule has 2 N–H and O–H groups in total. The Hall–Kier alpha value is -1.16. The van der Waals surface area contributed by atoms with Gasteiger partial charge < -0.3 is 10.5 Å². The lowest BCUT2D eigenvalue weighted by Crippen LogP contribution is -2.07. The summed E-state index contributed by atoms with van der Waals surface area (Å²) in [6.07, 6.45) is 4.07. The third kappa shape index (κ3) is 2.66. The molecule has 0 aliphatic rings. The number of hydrogen-bond acceptors (Lipinski definition) is 4. The van der Waals surface area contributed by atoms with Gasteiger partial charge in [-0.1, -0.05) is 6.92 Å². The molecule has 1 rings (SSSR count). The second-order valence-corrected chi connectivity index (χ2v) is 2.73. The smallest absolute Gasteiger partial charge is 0.157 e. The van der Waals surface area contributed by atoms with Crippen LogP contribution < -0.4 is 5.73 Å². The molecule has 0 aliphatic heterocycles. The maximum atomic E-state index is 5.48. The molecule has 4 heteroatoms. The van der Waals surface area contributed by atoms with Crippen molar-refractivity contribution in [2.45, 2.75) is 26.4 Å². The highest BCUT2D eigenvalue weighted by atomic mass is 16.5. The van der Waals surface area contributed by atoms with Crippen LogP contribution >= 0.6 is 0 Å². The van der Waals surface area contributed by atoms with E-state index in [4.69, 9.17) is 10.5 Å². The van der Waals surface area contributed by atoms with Crippen molar-refractivity contribution in [1.29, 1.82) is 0 Å². The lowest BCUT2D eigenvalue weighted by Gasteiger charge is -2.12. The summed E-state index contributed by atoms with van der Waals surface area (Å²) < 4.78 is 5.45. The van der Waals surface area contributed by atoms with Crippen LogP contribution in [0.3, 0.4) is 0 Å². The molecule has 0 aliphatic carbocycles. The Morgan fingerprint density at radius 3 is 2.46 bits per heavy atom. The van der Waals surface area contributed by atoms with Crippen LogP contribution in [0.25, 0.3) is 0 Å². The average molecular weight is 181 g/mol. The van der Waals surface area contributed by atoms with E-state index in [-0.39, 0.29) is 6.10 Å². The van der Waals surface area contributed by atoms with Crippen LogP contribution in [0.5, 0.6) is 0 Å². The summed E-state index contributed by atoms with van der Waals surface area (Å²) in [6, 6.07) is 0. The first-order valence-corrected chi connectivity index (χ1v) is 4.47. The van der Waals surface area contributed by atoms with E-state index in [9.17, 15) is 0 Å². The first kappa shape index (κ1) is 9.92. The van der Waals surface area contributed by atoms with Crippen LogP contribution in [0.4, 0.5) is 5.69 Å². The van der Waals surface area contributed by atoms with Crippen LogP contribution in [0.1, 0.15) is 32.2 Å². The molecule has 0 fully saturated rings. The van der Waals surface area contributed by atoms with E-state index in [2.05, 4.69) is 9.97 Å². The number of nitrogens with two attached hydrogens (primary N) is 1. The first-order valence-electron chi connectivity index (χ1n) is 4.47. The predicted molar refractivity (Wildman–Crippen MR) is 51.1 cm³/mol. The molecule has 1 aromatic heterocycles. The molecule has 1 atom stereocenters. The van der Waals surface area contributed by atoms with Crippen molar-refractivity contribution in [3.63, 3.8) is 0 Å². The summed E-state index contributed by atoms with van der Waals surface area (Å²) in [6.45, 7) is 4.67. The fourth-order valence-electron chi connectivity index (χ4n) is 1.09. The van der Waals surface area contributed by atoms with Gasteiger partial charge in [-0.05, 0) is 13.3 Å². The van der Waals surface area contributed by atoms with Gasteiger partial charge in [0.05, 0.1) is 18.1 Å². The van der Waals surface area contributed by atoms with Gasteiger partial charge in [0.15, 0.2) is 5.82 Å². The number of aromatic nitrogens is 2. The van der Waals surface area contributed by atoms with Crippen molar-refractivity contribution in [3.8, 4) is 0 Å². The highest BCUT2D eigenvalue weighted by Crippen LogP contribution is 2.16. The second kappa shape index (κ2) is 4.77. The van der Waals surface area contributed by atoms with Gasteiger partial charge >= 0.3 is 0 Å². The molecule has 13 heavy (non-hydrogen) atoms. The summed E-state index contributed by atoms with van der Waals surface area (Å²) in [5.74, 6) is 0.707. The molecule has 0 amide bonds. The number of nitrogen functional groups attached to an aromatic ring is 1. The Kier molecular flexibility index (Phi) is 3.64. The largest absolute Gasteiger partial charge is 0.396 e. The van der Waals surface area contributed by atoms with Crippen molar-refractivity contribution in [3.05, 3.63) is 18.2 Å². The number of anilines is 1. The minimum absolute atomic E-state index is 0.00870. The third-order valence-corrected chi connectivity index (χ3v) is 1.72. The van der Waals surface area contributed by atoms with Crippen LogP contribution in [0.2, 0.25) is 0 Å². The van der Waals surface area contributed by atoms with Crippen LogP contribution in [-0.4, -0.2) is 16.6 Å². The summed E-state index contributed by atoms with van der Waals surface area (Å²) >= 11 is 0. The van der Waals surface area contributed by atoms with Crippen molar-refractivity contribution in [2.24, 2.45) is 0 Å². The standard InChI is InChI=1S/C9H15N3O/c1-3-8(13-4-2)9-11-5-7(10)6-12-9/h5-6,8H,3-4,10H2,1-2H3. The second-order valence-electron chi connectivity index (χ2n) is 2.73. The van der Waals surface area contributed by atoms with E-state index < -0.39 is 0 Å². The topological polar surface area (TPSA) is 61.0 Å². The molecule has 4 nitrogen and oxygen atoms in total. The minimum atomic E-state index is -0.00870. The van der Waals surface area contributed by atoms with Crippen molar-refractivity contribution in [2.75, 3.05) is 12.3 Å². The maximum absolute atomic E-state index is 5.48. The van der Waals surface area contributed by atoms with Crippen LogP contribution in [0.15, 0.2) is 12.4 Å². The van der Waals surface area contributed by atoms with Gasteiger partial charge in [0, 0.05) is 6.61 Å². The molecule has 0 saturated carbocycles. The molecule has 0 bridgehead atoms. The molecule has 72 valence electrons. The SMILES string of the molecule is CCOC(CC)c1ncc(N)cn1. The van der Waals surface area contributed by atoms with Crippen molar-refractivity contribution >= 4 is 5.69 Å². The Bertz CT molecular complexity index is 248. The van der Waals surface area contributed by atoms with E-state index in [0.29, 0.717) is 18.1 Å². The normalized spacial score (nSPS) is 12.8. The van der Waals surface area contributed by atoms with Gasteiger partial charge in [0.1, 0.15) is 6.10 Å². The zero-order chi connectivity index (χ0) is 9.68. The Morgan fingerprint density at radius 1 is 1.38 bits per heavy atom. The van der Waals surface area contributed by atoms with Gasteiger partial charge in [-0.2, -0.15) is 0 Å². The van der Waals surface area contributed by atoms with Gasteiger partial charge in [-0.15, -0.1) is 0 Å². The average Bonchev–Trinajstić information content (AvgIpc) is 2.16. The monoisotopic (exact) mass is 181 g/mol. The third-order valence-electron chi connectivity index (χ3n) is 1.72. The number of nitrogens with zero attached hydrogens (tertiary/aromatic N) is 2. The molecule has 1 heterocycles. The fraction of sp³-hybridized carbons (Fsp3) is 0.556. The van der Waals surface area contributed by atoms with Crippen molar-refractivity contribution < 1.29 is 4.74 Å². The highest BCUT2D eigenvalue weighted by Gasteiger charge is 2.10. The predicted octanol–water partition coefficient (Wildman–Crippen LogP) is 1.55. The lowest BCUT2D eigenvalue weighted by molar-refractivity contribution is 0.0535. The molecule has 0 saturated heterocycles. The summed E-state index contributed by atoms with van der Waals surface area (Å²) in [5, 5.41) is 0. The quantitative estimate of drug-likeness (QED) is 0.765. The molecule has 1 unspecified atom stereocenters. The summed E-state index contributed by atoms with van der Waals surface area (Å²) in [7, 11) is 0. The zero-order valence-corrected chi connectivity index (χ0v) is 8.03. The number of rotatable bonds is 4. The van der Waals surface area contributed by atoms with E-state index in [1.54, 1.807) is 12.4 Å². The number of ether oxygens (including phenoxy) is 1. The molecular weight excluding hydrogens is 166 g/mol. The molecular formula is C9H15N3O. The molecule has 1 aromatic rings. The molecule has 0 radical (unpaired) electrons. The summed E-state index contributed by atoms with van der Waals surface area (Å²) in [4.78, 5) is 8.21. The Morgan fingerprint density at radius 2 is 2.00 bits per heavy atom. The van der Waals surface area contributed by atoms with E-state index in [0.717, 1.165) is 6.42 Å². The van der Waals surface area contributed by atoms with E-state index >= 15 is 0 Å². The Balaban J connectivity index is 2.73. The molecule has 0 aromatic carbocycles. The van der Waals surface area contributed by atoms with Crippen molar-refractivity contribution in [1.82, 2.24) is 9.97 Å². The highest BCUT2D eigenvalue weighted by molar-refractivity contribution is 5.30. The number of hydrogen-bond donors (Lipinski definition) is 1. The van der Waals surface area contributed by atoms with Gasteiger partial charge in [-0.3, -0.25) is 0 Å². The van der Waals surface area contributed by atoms with Crippen LogP contribution in [-0.2, 0) is 4.74 Å². The maximum Gasteiger partial charge on any atom is 0.157 e. The summed E-state index contributed by atoms with van der Waals surface area (Å²) in [5.41, 5.74) is 6.06. The van der Waals surface area contributed by atoms with E-state index in [1.165, 1.54) is 0 Å².